The van der Waals surface area contributed by atoms with Crippen molar-refractivity contribution in [2.24, 2.45) is 5.73 Å². The first-order chi connectivity index (χ1) is 8.26. The van der Waals surface area contributed by atoms with Crippen molar-refractivity contribution in [2.75, 3.05) is 13.7 Å². The Morgan fingerprint density at radius 1 is 1.12 bits per heavy atom. The second-order valence-electron chi connectivity index (χ2n) is 4.21. The second-order valence-corrected chi connectivity index (χ2v) is 4.21. The normalized spacial score (nSPS) is 12.2. The van der Waals surface area contributed by atoms with Crippen LogP contribution in [0.15, 0.2) is 24.3 Å². The standard InChI is InChI=1S/C14H23NO2/c1-3-5-12(15)6-4-11-17-14-9-7-13(16-2)8-10-14/h7-10,12H,3-6,11,15H2,1-2H3. The van der Waals surface area contributed by atoms with Crippen LogP contribution >= 0.6 is 0 Å². The average Bonchev–Trinajstić information content (AvgIpc) is 2.36. The zero-order valence-corrected chi connectivity index (χ0v) is 10.8. The molecule has 0 saturated carbocycles. The molecule has 0 aromatic heterocycles. The zero-order chi connectivity index (χ0) is 12.5. The minimum Gasteiger partial charge on any atom is -0.497 e. The molecule has 0 radical (unpaired) electrons. The van der Waals surface area contributed by atoms with E-state index in [1.807, 2.05) is 24.3 Å². The highest BCUT2D eigenvalue weighted by Gasteiger charge is 2.01. The first-order valence-electron chi connectivity index (χ1n) is 6.28. The molecule has 0 aliphatic rings. The molecule has 2 N–H and O–H groups in total. The maximum absolute atomic E-state index is 5.93. The van der Waals surface area contributed by atoms with Crippen LogP contribution in [0.4, 0.5) is 0 Å². The summed E-state index contributed by atoms with van der Waals surface area (Å²) in [6.07, 6.45) is 4.29. The Labute approximate surface area is 104 Å². The molecular formula is C14H23NO2. The maximum Gasteiger partial charge on any atom is 0.119 e. The van der Waals surface area contributed by atoms with Gasteiger partial charge < -0.3 is 15.2 Å². The molecule has 0 heterocycles. The van der Waals surface area contributed by atoms with Crippen molar-refractivity contribution in [1.82, 2.24) is 0 Å². The van der Waals surface area contributed by atoms with Crippen LogP contribution < -0.4 is 15.2 Å². The van der Waals surface area contributed by atoms with Gasteiger partial charge in [-0.25, -0.2) is 0 Å². The van der Waals surface area contributed by atoms with Gasteiger partial charge in [0.2, 0.25) is 0 Å². The van der Waals surface area contributed by atoms with E-state index in [4.69, 9.17) is 15.2 Å². The molecule has 17 heavy (non-hydrogen) atoms. The third-order valence-corrected chi connectivity index (χ3v) is 2.71. The molecule has 1 aromatic rings. The molecule has 1 atom stereocenters. The van der Waals surface area contributed by atoms with Crippen LogP contribution in [0.2, 0.25) is 0 Å². The number of hydrogen-bond donors (Lipinski definition) is 1. The van der Waals surface area contributed by atoms with Crippen molar-refractivity contribution >= 4 is 0 Å². The van der Waals surface area contributed by atoms with Crippen molar-refractivity contribution in [1.29, 1.82) is 0 Å². The SMILES string of the molecule is CCCC(N)CCCOc1ccc(OC)cc1. The predicted octanol–water partition coefficient (Wildman–Crippen LogP) is 2.98. The smallest absolute Gasteiger partial charge is 0.119 e. The van der Waals surface area contributed by atoms with E-state index >= 15 is 0 Å². The molecule has 0 bridgehead atoms. The summed E-state index contributed by atoms with van der Waals surface area (Å²) in [5.41, 5.74) is 5.93. The summed E-state index contributed by atoms with van der Waals surface area (Å²) in [4.78, 5) is 0. The highest BCUT2D eigenvalue weighted by molar-refractivity contribution is 5.31. The molecule has 0 spiro atoms. The van der Waals surface area contributed by atoms with Gasteiger partial charge in [-0.05, 0) is 43.5 Å². The fourth-order valence-electron chi connectivity index (χ4n) is 1.72. The minimum atomic E-state index is 0.319. The van der Waals surface area contributed by atoms with Crippen molar-refractivity contribution in [2.45, 2.75) is 38.6 Å². The van der Waals surface area contributed by atoms with Gasteiger partial charge in [0, 0.05) is 6.04 Å². The van der Waals surface area contributed by atoms with Crippen molar-refractivity contribution in [3.8, 4) is 11.5 Å². The summed E-state index contributed by atoms with van der Waals surface area (Å²) in [5, 5.41) is 0. The molecule has 0 amide bonds. The molecule has 1 unspecified atom stereocenters. The van der Waals surface area contributed by atoms with Crippen LogP contribution in [-0.4, -0.2) is 19.8 Å². The van der Waals surface area contributed by atoms with E-state index in [1.54, 1.807) is 7.11 Å². The minimum absolute atomic E-state index is 0.319. The van der Waals surface area contributed by atoms with Crippen LogP contribution in [0, 0.1) is 0 Å². The van der Waals surface area contributed by atoms with Gasteiger partial charge in [-0.2, -0.15) is 0 Å². The Balaban J connectivity index is 2.17. The second kappa shape index (κ2) is 7.96. The summed E-state index contributed by atoms with van der Waals surface area (Å²) in [5.74, 6) is 1.73. The average molecular weight is 237 g/mol. The summed E-state index contributed by atoms with van der Waals surface area (Å²) >= 11 is 0. The van der Waals surface area contributed by atoms with Crippen LogP contribution in [0.3, 0.4) is 0 Å². The largest absolute Gasteiger partial charge is 0.497 e. The van der Waals surface area contributed by atoms with Crippen molar-refractivity contribution < 1.29 is 9.47 Å². The third kappa shape index (κ3) is 5.59. The maximum atomic E-state index is 5.93. The molecule has 0 aliphatic carbocycles. The summed E-state index contributed by atoms with van der Waals surface area (Å²) in [6.45, 7) is 2.89. The van der Waals surface area contributed by atoms with Gasteiger partial charge in [0.1, 0.15) is 11.5 Å². The van der Waals surface area contributed by atoms with Gasteiger partial charge >= 0.3 is 0 Å². The van der Waals surface area contributed by atoms with Crippen LogP contribution in [0.25, 0.3) is 0 Å². The van der Waals surface area contributed by atoms with Crippen LogP contribution in [-0.2, 0) is 0 Å². The monoisotopic (exact) mass is 237 g/mol. The Morgan fingerprint density at radius 3 is 2.35 bits per heavy atom. The van der Waals surface area contributed by atoms with E-state index in [9.17, 15) is 0 Å². The van der Waals surface area contributed by atoms with Gasteiger partial charge in [0.15, 0.2) is 0 Å². The Bertz CT molecular complexity index is 298. The van der Waals surface area contributed by atoms with Crippen LogP contribution in [0.1, 0.15) is 32.6 Å². The van der Waals surface area contributed by atoms with Gasteiger partial charge in [0.25, 0.3) is 0 Å². The van der Waals surface area contributed by atoms with Gasteiger partial charge in [-0.1, -0.05) is 13.3 Å². The van der Waals surface area contributed by atoms with E-state index in [2.05, 4.69) is 6.92 Å². The summed E-state index contributed by atoms with van der Waals surface area (Å²) in [6, 6.07) is 7.96. The van der Waals surface area contributed by atoms with E-state index in [0.717, 1.165) is 43.8 Å². The lowest BCUT2D eigenvalue weighted by Gasteiger charge is -2.11. The quantitative estimate of drug-likeness (QED) is 0.707. The van der Waals surface area contributed by atoms with E-state index in [-0.39, 0.29) is 0 Å². The number of methoxy groups -OCH3 is 1. The number of nitrogens with two attached hydrogens (primary N) is 1. The van der Waals surface area contributed by atoms with Crippen LogP contribution in [0.5, 0.6) is 11.5 Å². The highest BCUT2D eigenvalue weighted by Crippen LogP contribution is 2.17. The molecule has 3 heteroatoms. The van der Waals surface area contributed by atoms with E-state index in [1.165, 1.54) is 0 Å². The lowest BCUT2D eigenvalue weighted by atomic mass is 10.1. The Hall–Kier alpha value is -1.22. The number of hydrogen-bond acceptors (Lipinski definition) is 3. The first kappa shape index (κ1) is 13.8. The Kier molecular flexibility index (Phi) is 6.48. The lowest BCUT2D eigenvalue weighted by molar-refractivity contribution is 0.299. The fourth-order valence-corrected chi connectivity index (χ4v) is 1.72. The zero-order valence-electron chi connectivity index (χ0n) is 10.8. The van der Waals surface area contributed by atoms with E-state index in [0.29, 0.717) is 6.04 Å². The van der Waals surface area contributed by atoms with Crippen molar-refractivity contribution in [3.63, 3.8) is 0 Å². The molecular weight excluding hydrogens is 214 g/mol. The molecule has 3 nitrogen and oxygen atoms in total. The fraction of sp³-hybridized carbons (Fsp3) is 0.571. The van der Waals surface area contributed by atoms with Gasteiger partial charge in [-0.15, -0.1) is 0 Å². The topological polar surface area (TPSA) is 44.5 Å². The number of benzene rings is 1. The molecule has 96 valence electrons. The highest BCUT2D eigenvalue weighted by atomic mass is 16.5. The third-order valence-electron chi connectivity index (χ3n) is 2.71. The number of rotatable bonds is 8. The molecule has 0 aliphatic heterocycles. The van der Waals surface area contributed by atoms with Gasteiger partial charge in [-0.3, -0.25) is 0 Å². The predicted molar refractivity (Wildman–Crippen MR) is 70.6 cm³/mol. The molecule has 0 fully saturated rings. The summed E-state index contributed by atoms with van der Waals surface area (Å²) in [7, 11) is 1.66. The summed E-state index contributed by atoms with van der Waals surface area (Å²) < 4.78 is 10.7. The first-order valence-corrected chi connectivity index (χ1v) is 6.28. The Morgan fingerprint density at radius 2 is 1.76 bits per heavy atom. The molecule has 0 saturated heterocycles. The van der Waals surface area contributed by atoms with E-state index < -0.39 is 0 Å². The molecule has 1 rings (SSSR count). The number of ether oxygens (including phenoxy) is 2. The van der Waals surface area contributed by atoms with Gasteiger partial charge in [0.05, 0.1) is 13.7 Å². The molecule has 1 aromatic carbocycles. The lowest BCUT2D eigenvalue weighted by Crippen LogP contribution is -2.20. The van der Waals surface area contributed by atoms with Crippen molar-refractivity contribution in [3.05, 3.63) is 24.3 Å².